The van der Waals surface area contributed by atoms with Crippen molar-refractivity contribution in [2.45, 2.75) is 13.0 Å². The van der Waals surface area contributed by atoms with Crippen LogP contribution in [0.25, 0.3) is 11.0 Å². The smallest absolute Gasteiger partial charge is 0.140 e. The Kier molecular flexibility index (Phi) is 1.52. The van der Waals surface area contributed by atoms with Crippen LogP contribution in [0.1, 0.15) is 11.3 Å². The van der Waals surface area contributed by atoms with Gasteiger partial charge in [-0.15, -0.1) is 0 Å². The van der Waals surface area contributed by atoms with Gasteiger partial charge in [-0.2, -0.15) is 0 Å². The van der Waals surface area contributed by atoms with Crippen molar-refractivity contribution in [3.05, 3.63) is 23.4 Å². The maximum Gasteiger partial charge on any atom is 0.140 e. The summed E-state index contributed by atoms with van der Waals surface area (Å²) in [5, 5.41) is 4.55. The van der Waals surface area contributed by atoms with E-state index in [2.05, 4.69) is 15.3 Å². The van der Waals surface area contributed by atoms with Crippen molar-refractivity contribution in [2.75, 3.05) is 12.3 Å². The molecule has 3 heterocycles. The second-order valence-electron chi connectivity index (χ2n) is 3.64. The number of H-pyrrole nitrogens is 1. The minimum absolute atomic E-state index is 0.573. The van der Waals surface area contributed by atoms with E-state index in [1.165, 1.54) is 16.6 Å². The molecule has 0 atom stereocenters. The molecule has 0 aromatic carbocycles. The van der Waals surface area contributed by atoms with E-state index in [4.69, 9.17) is 5.73 Å². The number of anilines is 1. The fourth-order valence-corrected chi connectivity index (χ4v) is 2.04. The molecule has 0 aliphatic carbocycles. The Morgan fingerprint density at radius 1 is 1.36 bits per heavy atom. The summed E-state index contributed by atoms with van der Waals surface area (Å²) in [7, 11) is 0. The van der Waals surface area contributed by atoms with Gasteiger partial charge < -0.3 is 16.0 Å². The van der Waals surface area contributed by atoms with Gasteiger partial charge in [0.2, 0.25) is 0 Å². The van der Waals surface area contributed by atoms with Crippen LogP contribution in [0.4, 0.5) is 5.82 Å². The van der Waals surface area contributed by atoms with Crippen molar-refractivity contribution in [3.8, 4) is 0 Å². The third-order valence-corrected chi connectivity index (χ3v) is 2.73. The van der Waals surface area contributed by atoms with Crippen molar-refractivity contribution in [1.29, 1.82) is 0 Å². The van der Waals surface area contributed by atoms with Gasteiger partial charge in [-0.1, -0.05) is 0 Å². The van der Waals surface area contributed by atoms with Gasteiger partial charge in [0.1, 0.15) is 11.5 Å². The van der Waals surface area contributed by atoms with E-state index in [1.807, 2.05) is 12.1 Å². The summed E-state index contributed by atoms with van der Waals surface area (Å²) in [5.41, 5.74) is 9.20. The van der Waals surface area contributed by atoms with Crippen LogP contribution in [0, 0.1) is 0 Å². The first-order valence-corrected chi connectivity index (χ1v) is 4.81. The van der Waals surface area contributed by atoms with E-state index < -0.39 is 0 Å². The zero-order valence-electron chi connectivity index (χ0n) is 7.80. The molecule has 4 heteroatoms. The second kappa shape index (κ2) is 2.72. The average Bonchev–Trinajstić information content (AvgIpc) is 2.54. The molecule has 1 aliphatic rings. The Morgan fingerprint density at radius 2 is 2.29 bits per heavy atom. The van der Waals surface area contributed by atoms with Gasteiger partial charge in [0.05, 0.1) is 0 Å². The Hall–Kier alpha value is -1.55. The zero-order valence-corrected chi connectivity index (χ0v) is 7.80. The molecule has 0 fully saturated rings. The summed E-state index contributed by atoms with van der Waals surface area (Å²) in [6.07, 6.45) is 1.05. The lowest BCUT2D eigenvalue weighted by atomic mass is 10.1. The van der Waals surface area contributed by atoms with Crippen LogP contribution >= 0.6 is 0 Å². The number of nitrogens with zero attached hydrogens (tertiary/aromatic N) is 1. The first kappa shape index (κ1) is 7.82. The van der Waals surface area contributed by atoms with E-state index in [-0.39, 0.29) is 0 Å². The highest BCUT2D eigenvalue weighted by molar-refractivity contribution is 5.82. The van der Waals surface area contributed by atoms with E-state index >= 15 is 0 Å². The number of aromatic amines is 1. The van der Waals surface area contributed by atoms with Crippen molar-refractivity contribution in [2.24, 2.45) is 0 Å². The van der Waals surface area contributed by atoms with Crippen LogP contribution in [0.3, 0.4) is 0 Å². The van der Waals surface area contributed by atoms with E-state index in [0.717, 1.165) is 25.2 Å². The molecule has 14 heavy (non-hydrogen) atoms. The quantitative estimate of drug-likeness (QED) is 0.572. The molecule has 0 saturated heterocycles. The molecule has 3 rings (SSSR count). The van der Waals surface area contributed by atoms with Crippen LogP contribution in [0.5, 0.6) is 0 Å². The fourth-order valence-electron chi connectivity index (χ4n) is 2.04. The molecule has 0 amide bonds. The van der Waals surface area contributed by atoms with Crippen molar-refractivity contribution < 1.29 is 0 Å². The third-order valence-electron chi connectivity index (χ3n) is 2.73. The number of nitrogens with two attached hydrogens (primary N) is 1. The first-order valence-electron chi connectivity index (χ1n) is 4.81. The molecule has 0 bridgehead atoms. The number of aromatic nitrogens is 2. The Morgan fingerprint density at radius 3 is 3.21 bits per heavy atom. The van der Waals surface area contributed by atoms with Crippen molar-refractivity contribution >= 4 is 16.9 Å². The molecule has 4 nitrogen and oxygen atoms in total. The highest BCUT2D eigenvalue weighted by Crippen LogP contribution is 2.24. The van der Waals surface area contributed by atoms with Crippen LogP contribution in [-0.2, 0) is 13.0 Å². The molecule has 72 valence electrons. The standard InChI is InChI=1S/C10H12N4/c11-9-2-1-6-7-5-12-4-3-8(7)13-10(6)14-9/h1-2,12H,3-5H2,(H3,11,13,14). The monoisotopic (exact) mass is 188 g/mol. The summed E-state index contributed by atoms with van der Waals surface area (Å²) in [6.45, 7) is 1.97. The maximum absolute atomic E-state index is 5.64. The van der Waals surface area contributed by atoms with E-state index in [1.54, 1.807) is 0 Å². The third kappa shape index (κ3) is 1.01. The number of hydrogen-bond donors (Lipinski definition) is 3. The molecule has 4 N–H and O–H groups in total. The van der Waals surface area contributed by atoms with Gasteiger partial charge >= 0.3 is 0 Å². The molecular weight excluding hydrogens is 176 g/mol. The summed E-state index contributed by atoms with van der Waals surface area (Å²) in [5.74, 6) is 0.573. The van der Waals surface area contributed by atoms with Gasteiger partial charge in [-0.3, -0.25) is 0 Å². The van der Waals surface area contributed by atoms with Gasteiger partial charge in [0, 0.05) is 30.6 Å². The Balaban J connectivity index is 2.31. The van der Waals surface area contributed by atoms with E-state index in [0.29, 0.717) is 5.82 Å². The summed E-state index contributed by atoms with van der Waals surface area (Å²) < 4.78 is 0. The maximum atomic E-state index is 5.64. The topological polar surface area (TPSA) is 66.7 Å². The minimum Gasteiger partial charge on any atom is -0.384 e. The lowest BCUT2D eigenvalue weighted by molar-refractivity contribution is 0.640. The van der Waals surface area contributed by atoms with Gasteiger partial charge in [-0.05, 0) is 17.7 Å². The average molecular weight is 188 g/mol. The van der Waals surface area contributed by atoms with Gasteiger partial charge in [0.15, 0.2) is 0 Å². The van der Waals surface area contributed by atoms with Crippen LogP contribution in [0.2, 0.25) is 0 Å². The molecule has 0 spiro atoms. The first-order chi connectivity index (χ1) is 6.84. The van der Waals surface area contributed by atoms with Crippen LogP contribution < -0.4 is 11.1 Å². The van der Waals surface area contributed by atoms with Gasteiger partial charge in [-0.25, -0.2) is 4.98 Å². The molecule has 0 saturated carbocycles. The van der Waals surface area contributed by atoms with Crippen molar-refractivity contribution in [3.63, 3.8) is 0 Å². The van der Waals surface area contributed by atoms with Gasteiger partial charge in [0.25, 0.3) is 0 Å². The highest BCUT2D eigenvalue weighted by Gasteiger charge is 2.15. The molecule has 0 radical (unpaired) electrons. The number of nitrogens with one attached hydrogen (secondary N) is 2. The molecule has 0 unspecified atom stereocenters. The number of hydrogen-bond acceptors (Lipinski definition) is 3. The zero-order chi connectivity index (χ0) is 9.54. The summed E-state index contributed by atoms with van der Waals surface area (Å²) in [4.78, 5) is 7.60. The van der Waals surface area contributed by atoms with E-state index in [9.17, 15) is 0 Å². The molecular formula is C10H12N4. The van der Waals surface area contributed by atoms with Crippen LogP contribution in [0.15, 0.2) is 12.1 Å². The number of rotatable bonds is 0. The molecule has 2 aromatic rings. The number of nitrogen functional groups attached to an aromatic ring is 1. The summed E-state index contributed by atoms with van der Waals surface area (Å²) in [6, 6.07) is 3.89. The van der Waals surface area contributed by atoms with Crippen LogP contribution in [-0.4, -0.2) is 16.5 Å². The number of pyridine rings is 1. The normalized spacial score (nSPS) is 15.7. The molecule has 2 aromatic heterocycles. The lowest BCUT2D eigenvalue weighted by Gasteiger charge is -2.12. The highest BCUT2D eigenvalue weighted by atomic mass is 15.0. The second-order valence-corrected chi connectivity index (χ2v) is 3.64. The molecule has 1 aliphatic heterocycles. The minimum atomic E-state index is 0.573. The number of fused-ring (bicyclic) bond motifs is 3. The SMILES string of the molecule is Nc1ccc2c3c([nH]c2n1)CCNC3. The van der Waals surface area contributed by atoms with Crippen molar-refractivity contribution in [1.82, 2.24) is 15.3 Å². The Bertz CT molecular complexity index is 486. The predicted octanol–water partition coefficient (Wildman–Crippen LogP) is 0.791. The predicted molar refractivity (Wildman–Crippen MR) is 55.9 cm³/mol. The fraction of sp³-hybridized carbons (Fsp3) is 0.300. The summed E-state index contributed by atoms with van der Waals surface area (Å²) >= 11 is 0. The largest absolute Gasteiger partial charge is 0.384 e. The Labute approximate surface area is 81.5 Å². The lowest BCUT2D eigenvalue weighted by Crippen LogP contribution is -2.22.